The van der Waals surface area contributed by atoms with Gasteiger partial charge in [-0.25, -0.2) is 0 Å². The number of rotatable bonds is 2. The largest absolute Gasteiger partial charge is 1.00 e. The third-order valence-electron chi connectivity index (χ3n) is 7.26. The number of hydrogen-bond donors (Lipinski definition) is 0. The second-order valence-electron chi connectivity index (χ2n) is 10.1. The third kappa shape index (κ3) is 4.99. The fourth-order valence-electron chi connectivity index (χ4n) is 5.42. The van der Waals surface area contributed by atoms with Gasteiger partial charge in [0.2, 0.25) is 11.4 Å². The van der Waals surface area contributed by atoms with E-state index in [1.807, 2.05) is 12.1 Å². The Hall–Kier alpha value is -3.46. The molecule has 0 bridgehead atoms. The Kier molecular flexibility index (Phi) is 8.06. The molecule has 0 aliphatic carbocycles. The minimum absolute atomic E-state index is 0. The molecule has 5 aromatic rings. The van der Waals surface area contributed by atoms with Crippen molar-refractivity contribution < 1.29 is 31.5 Å². The fraction of sp³-hybridized carbons (Fsp3) is 0.206. The minimum atomic E-state index is 0. The summed E-state index contributed by atoms with van der Waals surface area (Å²) >= 11 is 0. The summed E-state index contributed by atoms with van der Waals surface area (Å²) in [7, 11) is 0. The van der Waals surface area contributed by atoms with Crippen molar-refractivity contribution in [3.05, 3.63) is 118 Å². The van der Waals surface area contributed by atoms with Crippen LogP contribution in [-0.4, -0.2) is 15.2 Å². The van der Waals surface area contributed by atoms with Gasteiger partial charge in [-0.05, 0) is 57.5 Å². The summed E-state index contributed by atoms with van der Waals surface area (Å²) in [5.41, 5.74) is 13.5. The molecule has 1 aliphatic rings. The normalized spacial score (nSPS) is 12.7. The van der Waals surface area contributed by atoms with Crippen molar-refractivity contribution in [2.24, 2.45) is 0 Å². The van der Waals surface area contributed by atoms with Crippen LogP contribution in [0.3, 0.4) is 0 Å². The number of allylic oxidation sites excluding steroid dienone is 2. The molecular weight excluding hydrogens is 647 g/mol. The summed E-state index contributed by atoms with van der Waals surface area (Å²) in [6, 6.07) is 31.0. The number of aryl methyl sites for hydroxylation is 5. The Bertz CT molecular complexity index is 1690. The Labute approximate surface area is 241 Å². The maximum absolute atomic E-state index is 4.52. The molecule has 0 saturated carbocycles. The number of fused-ring (bicyclic) bond motifs is 3. The summed E-state index contributed by atoms with van der Waals surface area (Å²) in [4.78, 5) is 4.52. The maximum Gasteiger partial charge on any atom is 1.00 e. The number of nitrogens with zero attached hydrogens (tertiary/aromatic N) is 3. The van der Waals surface area contributed by atoms with Crippen LogP contribution in [-0.2, 0) is 22.4 Å². The zero-order valence-corrected chi connectivity index (χ0v) is 25.3. The first-order valence-corrected chi connectivity index (χ1v) is 12.8. The smallest absolute Gasteiger partial charge is 0.657 e. The first-order chi connectivity index (χ1) is 17.8. The van der Waals surface area contributed by atoms with Gasteiger partial charge in [0.05, 0.1) is 0 Å². The van der Waals surface area contributed by atoms with Crippen LogP contribution in [0.5, 0.6) is 0 Å². The molecule has 0 saturated heterocycles. The van der Waals surface area contributed by atoms with Gasteiger partial charge in [-0.2, -0.15) is 0 Å². The number of para-hydroxylation sites is 3. The standard InChI is InChI=1S/C22H26N2.C12H8N.Au/c1-14-11-17(4)22(18(5)12-14)24-13-23(19(6)20(24)7)21-15(2)9-8-10-16(21)3;1-3-7-11-9(5-1)10-6-2-4-8-12(10)13-11;/h8-12H,1-7H3;1-8H;/q+2;-1;+1. The molecule has 1 aliphatic heterocycles. The zero-order valence-electron chi connectivity index (χ0n) is 23.1. The third-order valence-corrected chi connectivity index (χ3v) is 7.26. The molecule has 0 radical (unpaired) electrons. The van der Waals surface area contributed by atoms with E-state index in [0.717, 1.165) is 11.0 Å². The van der Waals surface area contributed by atoms with Gasteiger partial charge in [0.25, 0.3) is 11.4 Å². The average Bonchev–Trinajstić information content (AvgIpc) is 3.37. The summed E-state index contributed by atoms with van der Waals surface area (Å²) in [6.45, 7) is 15.2. The summed E-state index contributed by atoms with van der Waals surface area (Å²) in [6.07, 6.45) is 0. The molecule has 0 N–H and O–H groups in total. The van der Waals surface area contributed by atoms with E-state index in [4.69, 9.17) is 0 Å². The number of aromatic nitrogens is 1. The average molecular weight is 682 g/mol. The van der Waals surface area contributed by atoms with Crippen molar-refractivity contribution in [3.63, 3.8) is 0 Å². The molecule has 6 rings (SSSR count). The fourth-order valence-corrected chi connectivity index (χ4v) is 5.42. The Balaban J connectivity index is 0.000000201. The molecule has 3 nitrogen and oxygen atoms in total. The van der Waals surface area contributed by atoms with E-state index in [-0.39, 0.29) is 22.4 Å². The summed E-state index contributed by atoms with van der Waals surface area (Å²) < 4.78 is 4.42. The predicted molar refractivity (Wildman–Crippen MR) is 155 cm³/mol. The molecule has 0 atom stereocenters. The van der Waals surface area contributed by atoms with Gasteiger partial charge in [0.15, 0.2) is 0 Å². The molecule has 2 heterocycles. The molecule has 0 fully saturated rings. The zero-order chi connectivity index (χ0) is 26.3. The van der Waals surface area contributed by atoms with Crippen LogP contribution in [0.15, 0.2) is 90.3 Å². The van der Waals surface area contributed by atoms with Crippen LogP contribution in [0.2, 0.25) is 0 Å². The van der Waals surface area contributed by atoms with Crippen molar-refractivity contribution in [1.29, 1.82) is 0 Å². The van der Waals surface area contributed by atoms with Gasteiger partial charge in [0, 0.05) is 36.1 Å². The topological polar surface area (TPSA) is 20.1 Å². The van der Waals surface area contributed by atoms with E-state index in [2.05, 4.69) is 135 Å². The second kappa shape index (κ2) is 11.1. The second-order valence-corrected chi connectivity index (χ2v) is 10.1. The molecule has 194 valence electrons. The van der Waals surface area contributed by atoms with Crippen molar-refractivity contribution >= 4 is 39.2 Å². The number of hydrogen-bond acceptors (Lipinski definition) is 0. The molecule has 0 spiro atoms. The number of benzene rings is 4. The molecular formula is C34H34AuN3+2. The molecule has 1 aromatic heterocycles. The van der Waals surface area contributed by atoms with Crippen molar-refractivity contribution in [3.8, 4) is 0 Å². The van der Waals surface area contributed by atoms with Crippen molar-refractivity contribution in [2.45, 2.75) is 48.5 Å². The van der Waals surface area contributed by atoms with Crippen molar-refractivity contribution in [1.82, 2.24) is 4.98 Å². The predicted octanol–water partition coefficient (Wildman–Crippen LogP) is 8.60. The Morgan fingerprint density at radius 3 is 1.42 bits per heavy atom. The van der Waals surface area contributed by atoms with Gasteiger partial charge >= 0.3 is 28.4 Å². The monoisotopic (exact) mass is 681 g/mol. The quantitative estimate of drug-likeness (QED) is 0.135. The van der Waals surface area contributed by atoms with E-state index in [0.29, 0.717) is 0 Å². The van der Waals surface area contributed by atoms with E-state index in [1.165, 1.54) is 61.4 Å². The molecule has 38 heavy (non-hydrogen) atoms. The maximum atomic E-state index is 4.52. The summed E-state index contributed by atoms with van der Waals surface area (Å²) in [5, 5.41) is 2.50. The Morgan fingerprint density at radius 1 is 0.526 bits per heavy atom. The van der Waals surface area contributed by atoms with Crippen LogP contribution in [0.25, 0.3) is 21.8 Å². The first-order valence-electron chi connectivity index (χ1n) is 12.8. The Morgan fingerprint density at radius 2 is 0.947 bits per heavy atom. The van der Waals surface area contributed by atoms with E-state index in [9.17, 15) is 0 Å². The molecule has 0 unspecified atom stereocenters. The van der Waals surface area contributed by atoms with Gasteiger partial charge in [-0.3, -0.25) is 0 Å². The van der Waals surface area contributed by atoms with Crippen LogP contribution in [0.1, 0.15) is 41.7 Å². The van der Waals surface area contributed by atoms with Gasteiger partial charge < -0.3 is 4.98 Å². The van der Waals surface area contributed by atoms with Crippen LogP contribution >= 0.6 is 0 Å². The van der Waals surface area contributed by atoms with Crippen LogP contribution in [0, 0.1) is 34.6 Å². The van der Waals surface area contributed by atoms with E-state index in [1.54, 1.807) is 0 Å². The van der Waals surface area contributed by atoms with Gasteiger partial charge in [-0.1, -0.05) is 81.4 Å². The first kappa shape index (κ1) is 27.6. The van der Waals surface area contributed by atoms with E-state index >= 15 is 0 Å². The van der Waals surface area contributed by atoms with Crippen molar-refractivity contribution in [2.75, 3.05) is 0 Å². The SMILES string of the molecule is CC1=C(C)[N+](c2c(C)cc(C)cc2C)=C=[N+]1c1c(C)cccc1C.[Au+].c1ccc2c(c1)[n-]c1ccccc12. The summed E-state index contributed by atoms with van der Waals surface area (Å²) in [5.74, 6) is 0. The molecule has 4 heteroatoms. The van der Waals surface area contributed by atoms with Gasteiger partial charge in [-0.15, -0.1) is 11.0 Å². The van der Waals surface area contributed by atoms with Crippen LogP contribution in [0.4, 0.5) is 11.4 Å². The van der Waals surface area contributed by atoms with Gasteiger partial charge in [0.1, 0.15) is 0 Å². The molecule has 0 amide bonds. The van der Waals surface area contributed by atoms with E-state index < -0.39 is 0 Å². The van der Waals surface area contributed by atoms with Crippen LogP contribution < -0.4 is 4.98 Å². The minimum Gasteiger partial charge on any atom is -0.657 e. The molecule has 4 aromatic carbocycles.